The molecule has 1 N–H and O–H groups in total. The molecule has 1 aliphatic rings. The van der Waals surface area contributed by atoms with Crippen LogP contribution in [-0.2, 0) is 4.79 Å². The van der Waals surface area contributed by atoms with Crippen LogP contribution in [0, 0.1) is 0 Å². The first-order chi connectivity index (χ1) is 5.59. The van der Waals surface area contributed by atoms with Gasteiger partial charge < -0.3 is 10.0 Å². The van der Waals surface area contributed by atoms with E-state index in [2.05, 4.69) is 0 Å². The standard InChI is InChI=1S/C9H15NO2/c1-4-5-10-8(11)6(2)7(3)9(10)12/h8,11H,4-5H2,1-3H3/t8-/m0/s1. The van der Waals surface area contributed by atoms with E-state index in [0.717, 1.165) is 12.0 Å². The van der Waals surface area contributed by atoms with E-state index in [-0.39, 0.29) is 5.91 Å². The molecule has 1 amide bonds. The minimum absolute atomic E-state index is 0.0261. The van der Waals surface area contributed by atoms with Gasteiger partial charge in [0.05, 0.1) is 0 Å². The SMILES string of the molecule is CCCN1C(=O)C(C)=C(C)[C@@H]1O. The van der Waals surface area contributed by atoms with E-state index >= 15 is 0 Å². The van der Waals surface area contributed by atoms with Gasteiger partial charge in [0.2, 0.25) is 0 Å². The second-order valence-electron chi connectivity index (χ2n) is 3.18. The summed E-state index contributed by atoms with van der Waals surface area (Å²) in [5.41, 5.74) is 1.48. The molecular weight excluding hydrogens is 154 g/mol. The van der Waals surface area contributed by atoms with Crippen molar-refractivity contribution in [1.29, 1.82) is 0 Å². The van der Waals surface area contributed by atoms with Crippen LogP contribution in [-0.4, -0.2) is 28.7 Å². The Kier molecular flexibility index (Phi) is 2.52. The van der Waals surface area contributed by atoms with E-state index in [4.69, 9.17) is 0 Å². The fourth-order valence-electron chi connectivity index (χ4n) is 1.39. The number of hydrogen-bond donors (Lipinski definition) is 1. The van der Waals surface area contributed by atoms with Gasteiger partial charge in [-0.1, -0.05) is 6.92 Å². The Morgan fingerprint density at radius 1 is 1.50 bits per heavy atom. The van der Waals surface area contributed by atoms with Gasteiger partial charge in [0.15, 0.2) is 6.23 Å². The molecule has 0 radical (unpaired) electrons. The molecule has 0 bridgehead atoms. The summed E-state index contributed by atoms with van der Waals surface area (Å²) in [6.07, 6.45) is 0.195. The van der Waals surface area contributed by atoms with Crippen LogP contribution in [0.15, 0.2) is 11.1 Å². The van der Waals surface area contributed by atoms with E-state index in [0.29, 0.717) is 12.1 Å². The van der Waals surface area contributed by atoms with Crippen LogP contribution in [0.25, 0.3) is 0 Å². The predicted octanol–water partition coefficient (Wildman–Crippen LogP) is 0.893. The zero-order valence-corrected chi connectivity index (χ0v) is 7.79. The highest BCUT2D eigenvalue weighted by molar-refractivity contribution is 5.96. The van der Waals surface area contributed by atoms with Gasteiger partial charge in [0.1, 0.15) is 0 Å². The molecule has 1 heterocycles. The number of amides is 1. The number of carbonyl (C=O) groups excluding carboxylic acids is 1. The lowest BCUT2D eigenvalue weighted by atomic mass is 10.2. The Hall–Kier alpha value is -0.830. The normalized spacial score (nSPS) is 24.2. The summed E-state index contributed by atoms with van der Waals surface area (Å²) >= 11 is 0. The van der Waals surface area contributed by atoms with Gasteiger partial charge in [-0.25, -0.2) is 0 Å². The van der Waals surface area contributed by atoms with Crippen molar-refractivity contribution in [3.63, 3.8) is 0 Å². The number of rotatable bonds is 2. The molecule has 0 aromatic heterocycles. The quantitative estimate of drug-likeness (QED) is 0.667. The van der Waals surface area contributed by atoms with Crippen molar-refractivity contribution in [1.82, 2.24) is 4.90 Å². The molecule has 0 fully saturated rings. The lowest BCUT2D eigenvalue weighted by Crippen LogP contribution is -2.35. The first kappa shape index (κ1) is 9.26. The van der Waals surface area contributed by atoms with E-state index in [1.165, 1.54) is 4.90 Å². The molecule has 1 rings (SSSR count). The van der Waals surface area contributed by atoms with Crippen LogP contribution >= 0.6 is 0 Å². The molecule has 0 spiro atoms. The smallest absolute Gasteiger partial charge is 0.251 e. The number of carbonyl (C=O) groups is 1. The van der Waals surface area contributed by atoms with Crippen molar-refractivity contribution < 1.29 is 9.90 Å². The fourth-order valence-corrected chi connectivity index (χ4v) is 1.39. The molecule has 0 saturated heterocycles. The van der Waals surface area contributed by atoms with Crippen LogP contribution in [0.4, 0.5) is 0 Å². The molecule has 0 unspecified atom stereocenters. The third kappa shape index (κ3) is 1.25. The predicted molar refractivity (Wildman–Crippen MR) is 46.4 cm³/mol. The topological polar surface area (TPSA) is 40.5 Å². The van der Waals surface area contributed by atoms with Crippen molar-refractivity contribution in [2.24, 2.45) is 0 Å². The van der Waals surface area contributed by atoms with E-state index in [1.54, 1.807) is 13.8 Å². The van der Waals surface area contributed by atoms with Crippen LogP contribution in [0.2, 0.25) is 0 Å². The first-order valence-electron chi connectivity index (χ1n) is 4.26. The second kappa shape index (κ2) is 3.27. The van der Waals surface area contributed by atoms with E-state index < -0.39 is 6.23 Å². The van der Waals surface area contributed by atoms with Crippen LogP contribution in [0.3, 0.4) is 0 Å². The highest BCUT2D eigenvalue weighted by Gasteiger charge is 2.32. The van der Waals surface area contributed by atoms with Gasteiger partial charge in [0, 0.05) is 12.1 Å². The molecule has 0 saturated carbocycles. The Bertz CT molecular complexity index is 233. The Balaban J connectivity index is 2.80. The maximum Gasteiger partial charge on any atom is 0.251 e. The van der Waals surface area contributed by atoms with E-state index in [9.17, 15) is 9.90 Å². The summed E-state index contributed by atoms with van der Waals surface area (Å²) in [5, 5.41) is 9.58. The van der Waals surface area contributed by atoms with Gasteiger partial charge in [-0.05, 0) is 25.8 Å². The summed E-state index contributed by atoms with van der Waals surface area (Å²) < 4.78 is 0. The van der Waals surface area contributed by atoms with Crippen LogP contribution in [0.1, 0.15) is 27.2 Å². The highest BCUT2D eigenvalue weighted by Crippen LogP contribution is 2.23. The molecule has 1 atom stereocenters. The average molecular weight is 169 g/mol. The van der Waals surface area contributed by atoms with Gasteiger partial charge in [0.25, 0.3) is 5.91 Å². The van der Waals surface area contributed by atoms with Crippen molar-refractivity contribution in [2.75, 3.05) is 6.54 Å². The highest BCUT2D eigenvalue weighted by atomic mass is 16.3. The number of aliphatic hydroxyl groups is 1. The molecule has 0 aromatic rings. The summed E-state index contributed by atoms with van der Waals surface area (Å²) in [7, 11) is 0. The van der Waals surface area contributed by atoms with Crippen molar-refractivity contribution in [3.05, 3.63) is 11.1 Å². The van der Waals surface area contributed by atoms with Gasteiger partial charge in [-0.3, -0.25) is 4.79 Å². The maximum atomic E-state index is 11.4. The largest absolute Gasteiger partial charge is 0.369 e. The minimum atomic E-state index is -0.683. The molecule has 68 valence electrons. The molecule has 3 nitrogen and oxygen atoms in total. The number of aliphatic hydroxyl groups excluding tert-OH is 1. The third-order valence-corrected chi connectivity index (χ3v) is 2.32. The summed E-state index contributed by atoms with van der Waals surface area (Å²) in [5.74, 6) is -0.0261. The zero-order valence-electron chi connectivity index (χ0n) is 7.79. The average Bonchev–Trinajstić information content (AvgIpc) is 2.23. The van der Waals surface area contributed by atoms with E-state index in [1.807, 2.05) is 6.92 Å². The monoisotopic (exact) mass is 169 g/mol. The molecule has 0 aromatic carbocycles. The minimum Gasteiger partial charge on any atom is -0.369 e. The van der Waals surface area contributed by atoms with Crippen molar-refractivity contribution in [3.8, 4) is 0 Å². The zero-order chi connectivity index (χ0) is 9.30. The maximum absolute atomic E-state index is 11.4. The number of nitrogens with zero attached hydrogens (tertiary/aromatic N) is 1. The summed E-state index contributed by atoms with van der Waals surface area (Å²) in [6.45, 7) is 6.18. The third-order valence-electron chi connectivity index (χ3n) is 2.32. The first-order valence-corrected chi connectivity index (χ1v) is 4.26. The molecule has 12 heavy (non-hydrogen) atoms. The molecule has 1 aliphatic heterocycles. The summed E-state index contributed by atoms with van der Waals surface area (Å²) in [4.78, 5) is 12.9. The van der Waals surface area contributed by atoms with Gasteiger partial charge >= 0.3 is 0 Å². The van der Waals surface area contributed by atoms with Crippen molar-refractivity contribution in [2.45, 2.75) is 33.4 Å². The lowest BCUT2D eigenvalue weighted by Gasteiger charge is -2.20. The fraction of sp³-hybridized carbons (Fsp3) is 0.667. The van der Waals surface area contributed by atoms with Crippen LogP contribution in [0.5, 0.6) is 0 Å². The Morgan fingerprint density at radius 2 is 2.08 bits per heavy atom. The number of hydrogen-bond acceptors (Lipinski definition) is 2. The van der Waals surface area contributed by atoms with Crippen molar-refractivity contribution >= 4 is 5.91 Å². The molecule has 3 heteroatoms. The van der Waals surface area contributed by atoms with Crippen LogP contribution < -0.4 is 0 Å². The van der Waals surface area contributed by atoms with Gasteiger partial charge in [-0.2, -0.15) is 0 Å². The molecular formula is C9H15NO2. The second-order valence-corrected chi connectivity index (χ2v) is 3.18. The Labute approximate surface area is 72.7 Å². The lowest BCUT2D eigenvalue weighted by molar-refractivity contribution is -0.131. The Morgan fingerprint density at radius 3 is 2.42 bits per heavy atom. The van der Waals surface area contributed by atoms with Gasteiger partial charge in [-0.15, -0.1) is 0 Å². The summed E-state index contributed by atoms with van der Waals surface area (Å²) in [6, 6.07) is 0. The molecule has 0 aliphatic carbocycles.